The van der Waals surface area contributed by atoms with E-state index in [-0.39, 0.29) is 29.4 Å². The smallest absolute Gasteiger partial charge is 0.254 e. The van der Waals surface area contributed by atoms with Crippen LogP contribution in [0, 0.1) is 5.41 Å². The molecule has 0 spiro atoms. The summed E-state index contributed by atoms with van der Waals surface area (Å²) in [5.74, 6) is -0.798. The molecular weight excluding hydrogens is 352 g/mol. The Balaban J connectivity index is 1.96. The summed E-state index contributed by atoms with van der Waals surface area (Å²) < 4.78 is 25.8. The average Bonchev–Trinajstić information content (AvgIpc) is 2.70. The fourth-order valence-electron chi connectivity index (χ4n) is 4.00. The van der Waals surface area contributed by atoms with Gasteiger partial charge in [0.05, 0.1) is 16.9 Å². The Hall–Kier alpha value is -1.89. The van der Waals surface area contributed by atoms with Gasteiger partial charge in [-0.2, -0.15) is 0 Å². The van der Waals surface area contributed by atoms with Crippen LogP contribution in [0.1, 0.15) is 57.3 Å². The lowest BCUT2D eigenvalue weighted by Gasteiger charge is -2.39. The maximum atomic E-state index is 13.0. The zero-order chi connectivity index (χ0) is 19.3. The molecule has 0 N–H and O–H groups in total. The van der Waals surface area contributed by atoms with Crippen molar-refractivity contribution in [2.75, 3.05) is 10.1 Å². The summed E-state index contributed by atoms with van der Waals surface area (Å²) in [4.78, 5) is 27.5. The van der Waals surface area contributed by atoms with E-state index in [1.54, 1.807) is 32.0 Å². The predicted octanol–water partition coefficient (Wildman–Crippen LogP) is 2.79. The van der Waals surface area contributed by atoms with Crippen LogP contribution in [-0.2, 0) is 14.8 Å². The summed E-state index contributed by atoms with van der Waals surface area (Å²) in [7, 11) is -3.73. The Morgan fingerprint density at radius 1 is 1.15 bits per heavy atom. The van der Waals surface area contributed by atoms with E-state index < -0.39 is 21.3 Å². The highest BCUT2D eigenvalue weighted by Gasteiger charge is 2.50. The molecule has 0 radical (unpaired) electrons. The quantitative estimate of drug-likeness (QED) is 0.793. The molecule has 2 aliphatic rings. The van der Waals surface area contributed by atoms with E-state index in [9.17, 15) is 18.0 Å². The molecule has 6 nitrogen and oxygen atoms in total. The van der Waals surface area contributed by atoms with E-state index in [1.165, 1.54) is 6.07 Å². The number of nitrogens with zero attached hydrogens (tertiary/aromatic N) is 2. The van der Waals surface area contributed by atoms with Gasteiger partial charge in [-0.05, 0) is 65.2 Å². The topological polar surface area (TPSA) is 74.8 Å². The number of hydrogen-bond donors (Lipinski definition) is 0. The third-order valence-corrected chi connectivity index (χ3v) is 7.36. The van der Waals surface area contributed by atoms with Crippen LogP contribution >= 0.6 is 0 Å². The van der Waals surface area contributed by atoms with Gasteiger partial charge in [0, 0.05) is 17.6 Å². The van der Waals surface area contributed by atoms with Crippen molar-refractivity contribution in [3.05, 3.63) is 29.8 Å². The van der Waals surface area contributed by atoms with Gasteiger partial charge in [0.15, 0.2) is 0 Å². The third kappa shape index (κ3) is 3.13. The number of carbonyl (C=O) groups is 2. The van der Waals surface area contributed by atoms with Gasteiger partial charge in [-0.3, -0.25) is 9.59 Å². The fraction of sp³-hybridized carbons (Fsp3) is 0.579. The normalized spacial score (nSPS) is 27.6. The second kappa shape index (κ2) is 6.37. The Bertz CT molecular complexity index is 837. The van der Waals surface area contributed by atoms with Crippen LogP contribution in [0.5, 0.6) is 0 Å². The highest BCUT2D eigenvalue weighted by molar-refractivity contribution is 7.94. The summed E-state index contributed by atoms with van der Waals surface area (Å²) >= 11 is 0. The first kappa shape index (κ1) is 18.9. The SMILES string of the molecule is C[C@@H]1CCC[C@H](C)N1C(=O)c1cccc(N2C(=O)C(C)(C)CS2(=O)=O)c1. The molecular formula is C19H26N2O4S. The molecule has 0 aromatic heterocycles. The number of anilines is 1. The fourth-order valence-corrected chi connectivity index (χ4v) is 6.10. The van der Waals surface area contributed by atoms with Crippen molar-refractivity contribution in [2.24, 2.45) is 5.41 Å². The zero-order valence-corrected chi connectivity index (χ0v) is 16.5. The van der Waals surface area contributed by atoms with E-state index in [0.29, 0.717) is 5.56 Å². The minimum Gasteiger partial charge on any atom is -0.333 e. The molecule has 0 saturated carbocycles. The minimum atomic E-state index is -3.73. The summed E-state index contributed by atoms with van der Waals surface area (Å²) in [6.45, 7) is 7.32. The molecule has 142 valence electrons. The van der Waals surface area contributed by atoms with Crippen LogP contribution in [0.15, 0.2) is 24.3 Å². The number of amides is 2. The maximum Gasteiger partial charge on any atom is 0.254 e. The van der Waals surface area contributed by atoms with E-state index in [2.05, 4.69) is 0 Å². The molecule has 7 heteroatoms. The monoisotopic (exact) mass is 378 g/mol. The van der Waals surface area contributed by atoms with Gasteiger partial charge in [-0.1, -0.05) is 6.07 Å². The molecule has 2 atom stereocenters. The molecule has 0 aliphatic carbocycles. The van der Waals surface area contributed by atoms with Gasteiger partial charge in [0.25, 0.3) is 5.91 Å². The highest BCUT2D eigenvalue weighted by Crippen LogP contribution is 2.36. The van der Waals surface area contributed by atoms with E-state index in [0.717, 1.165) is 23.6 Å². The molecule has 2 fully saturated rings. The first-order chi connectivity index (χ1) is 12.0. The molecule has 2 amide bonds. The molecule has 0 unspecified atom stereocenters. The van der Waals surface area contributed by atoms with Gasteiger partial charge in [-0.25, -0.2) is 12.7 Å². The van der Waals surface area contributed by atoms with Gasteiger partial charge >= 0.3 is 0 Å². The lowest BCUT2D eigenvalue weighted by atomic mass is 9.95. The molecule has 0 bridgehead atoms. The number of sulfonamides is 1. The van der Waals surface area contributed by atoms with Crippen molar-refractivity contribution < 1.29 is 18.0 Å². The molecule has 26 heavy (non-hydrogen) atoms. The van der Waals surface area contributed by atoms with Crippen LogP contribution in [-0.4, -0.2) is 43.0 Å². The molecule has 1 aromatic rings. The number of piperidine rings is 1. The van der Waals surface area contributed by atoms with E-state index >= 15 is 0 Å². The number of benzene rings is 1. The standard InChI is InChI=1S/C19H26N2O4S/c1-13-7-5-8-14(2)20(13)17(22)15-9-6-10-16(11-15)21-18(23)19(3,4)12-26(21,24)25/h6,9-11,13-14H,5,7-8,12H2,1-4H3/t13-,14+. The molecule has 2 saturated heterocycles. The Morgan fingerprint density at radius 2 is 1.77 bits per heavy atom. The lowest BCUT2D eigenvalue weighted by Crippen LogP contribution is -2.47. The van der Waals surface area contributed by atoms with Gasteiger partial charge in [0.1, 0.15) is 0 Å². The largest absolute Gasteiger partial charge is 0.333 e. The van der Waals surface area contributed by atoms with Gasteiger partial charge < -0.3 is 4.90 Å². The van der Waals surface area contributed by atoms with Gasteiger partial charge in [0.2, 0.25) is 15.9 Å². The number of rotatable bonds is 2. The number of hydrogen-bond acceptors (Lipinski definition) is 4. The molecule has 2 aliphatic heterocycles. The van der Waals surface area contributed by atoms with Crippen molar-refractivity contribution in [1.82, 2.24) is 4.90 Å². The van der Waals surface area contributed by atoms with E-state index in [4.69, 9.17) is 0 Å². The van der Waals surface area contributed by atoms with Crippen molar-refractivity contribution >= 4 is 27.5 Å². The maximum absolute atomic E-state index is 13.0. The molecule has 3 rings (SSSR count). The summed E-state index contributed by atoms with van der Waals surface area (Å²) in [5.41, 5.74) is -0.311. The summed E-state index contributed by atoms with van der Waals surface area (Å²) in [6.07, 6.45) is 3.02. The van der Waals surface area contributed by atoms with Crippen molar-refractivity contribution in [1.29, 1.82) is 0 Å². The first-order valence-corrected chi connectivity index (χ1v) is 10.7. The van der Waals surface area contributed by atoms with Crippen molar-refractivity contribution in [2.45, 2.75) is 59.0 Å². The van der Waals surface area contributed by atoms with Crippen LogP contribution in [0.4, 0.5) is 5.69 Å². The summed E-state index contributed by atoms with van der Waals surface area (Å²) in [6, 6.07) is 6.69. The predicted molar refractivity (Wildman–Crippen MR) is 100 cm³/mol. The van der Waals surface area contributed by atoms with Crippen molar-refractivity contribution in [3.63, 3.8) is 0 Å². The minimum absolute atomic E-state index is 0.116. The Labute approximate surface area is 155 Å². The second-order valence-corrected chi connectivity index (χ2v) is 9.92. The molecule has 2 heterocycles. The summed E-state index contributed by atoms with van der Waals surface area (Å²) in [5, 5.41) is 0. The number of likely N-dealkylation sites (tertiary alicyclic amines) is 1. The van der Waals surface area contributed by atoms with Crippen LogP contribution < -0.4 is 4.31 Å². The Kier molecular flexibility index (Phi) is 4.63. The average molecular weight is 378 g/mol. The second-order valence-electron chi connectivity index (χ2n) is 8.10. The van der Waals surface area contributed by atoms with Crippen molar-refractivity contribution in [3.8, 4) is 0 Å². The lowest BCUT2D eigenvalue weighted by molar-refractivity contribution is -0.123. The van der Waals surface area contributed by atoms with Crippen LogP contribution in [0.3, 0.4) is 0 Å². The van der Waals surface area contributed by atoms with Crippen LogP contribution in [0.2, 0.25) is 0 Å². The Morgan fingerprint density at radius 3 is 2.31 bits per heavy atom. The van der Waals surface area contributed by atoms with Gasteiger partial charge in [-0.15, -0.1) is 0 Å². The third-order valence-electron chi connectivity index (χ3n) is 5.34. The highest BCUT2D eigenvalue weighted by atomic mass is 32.2. The number of carbonyl (C=O) groups excluding carboxylic acids is 2. The zero-order valence-electron chi connectivity index (χ0n) is 15.7. The van der Waals surface area contributed by atoms with Crippen LogP contribution in [0.25, 0.3) is 0 Å². The molecule has 1 aromatic carbocycles. The first-order valence-electron chi connectivity index (χ1n) is 9.05. The van der Waals surface area contributed by atoms with E-state index in [1.807, 2.05) is 18.7 Å².